The van der Waals surface area contributed by atoms with Crippen molar-refractivity contribution in [1.82, 2.24) is 10.2 Å². The van der Waals surface area contributed by atoms with Crippen LogP contribution in [0.3, 0.4) is 0 Å². The molecule has 0 amide bonds. The first-order chi connectivity index (χ1) is 9.59. The maximum Gasteiger partial charge on any atom is 0.153 e. The maximum absolute atomic E-state index is 6.25. The minimum Gasteiger partial charge on any atom is -0.382 e. The number of nitrogens with two attached hydrogens (primary N) is 1. The highest BCUT2D eigenvalue weighted by Crippen LogP contribution is 2.45. The normalized spacial score (nSPS) is 10.9. The zero-order valence-corrected chi connectivity index (χ0v) is 13.0. The Morgan fingerprint density at radius 3 is 2.30 bits per heavy atom. The highest BCUT2D eigenvalue weighted by molar-refractivity contribution is 7.14. The summed E-state index contributed by atoms with van der Waals surface area (Å²) in [5, 5.41) is 10.5. The zero-order chi connectivity index (χ0) is 14.3. The van der Waals surface area contributed by atoms with E-state index >= 15 is 0 Å². The van der Waals surface area contributed by atoms with Gasteiger partial charge in [-0.2, -0.15) is 5.10 Å². The van der Waals surface area contributed by atoms with Crippen molar-refractivity contribution in [1.29, 1.82) is 0 Å². The first-order valence-electron chi connectivity index (χ1n) is 5.61. The molecule has 0 saturated heterocycles. The van der Waals surface area contributed by atoms with Crippen LogP contribution in [0.4, 0.5) is 5.82 Å². The monoisotopic (exact) mass is 343 g/mol. The third kappa shape index (κ3) is 2.19. The lowest BCUT2D eigenvalue weighted by molar-refractivity contribution is 1.11. The van der Waals surface area contributed by atoms with Gasteiger partial charge in [0.2, 0.25) is 0 Å². The van der Waals surface area contributed by atoms with E-state index in [1.807, 2.05) is 11.4 Å². The number of benzene rings is 1. The van der Waals surface area contributed by atoms with Crippen molar-refractivity contribution in [3.8, 4) is 21.7 Å². The summed E-state index contributed by atoms with van der Waals surface area (Å²) in [6.07, 6.45) is 0. The Kier molecular flexibility index (Phi) is 3.65. The van der Waals surface area contributed by atoms with Crippen molar-refractivity contribution >= 4 is 52.0 Å². The molecule has 3 N–H and O–H groups in total. The number of nitrogens with one attached hydrogen (secondary N) is 1. The molecule has 102 valence electrons. The molecule has 0 radical (unpaired) electrons. The zero-order valence-electron chi connectivity index (χ0n) is 9.95. The van der Waals surface area contributed by atoms with E-state index in [2.05, 4.69) is 10.2 Å². The molecule has 0 saturated carbocycles. The second-order valence-electron chi connectivity index (χ2n) is 4.05. The van der Waals surface area contributed by atoms with Gasteiger partial charge in [0.05, 0.1) is 31.2 Å². The molecule has 0 spiro atoms. The number of thiophene rings is 1. The predicted octanol–water partition coefficient (Wildman–Crippen LogP) is 5.35. The molecule has 0 unspecified atom stereocenters. The number of aromatic amines is 1. The van der Waals surface area contributed by atoms with Crippen molar-refractivity contribution in [3.63, 3.8) is 0 Å². The van der Waals surface area contributed by atoms with Gasteiger partial charge in [-0.25, -0.2) is 0 Å². The van der Waals surface area contributed by atoms with E-state index in [-0.39, 0.29) is 0 Å². The Morgan fingerprint density at radius 2 is 1.70 bits per heavy atom. The number of hydrogen-bond acceptors (Lipinski definition) is 3. The highest BCUT2D eigenvalue weighted by Gasteiger charge is 2.21. The van der Waals surface area contributed by atoms with E-state index in [1.165, 1.54) is 11.3 Å². The van der Waals surface area contributed by atoms with E-state index in [0.29, 0.717) is 32.0 Å². The molecule has 0 aliphatic heterocycles. The Labute approximate surface area is 134 Å². The van der Waals surface area contributed by atoms with Gasteiger partial charge in [0, 0.05) is 5.56 Å². The average Bonchev–Trinajstić information content (AvgIpc) is 2.97. The largest absolute Gasteiger partial charge is 0.382 e. The third-order valence-electron chi connectivity index (χ3n) is 2.85. The Balaban J connectivity index is 2.31. The van der Waals surface area contributed by atoms with Gasteiger partial charge in [0.25, 0.3) is 0 Å². The molecule has 1 aromatic carbocycles. The van der Waals surface area contributed by atoms with Gasteiger partial charge in [0.1, 0.15) is 0 Å². The lowest BCUT2D eigenvalue weighted by atomic mass is 10.0. The third-order valence-corrected chi connectivity index (χ3v) is 4.84. The molecule has 2 aromatic heterocycles. The number of H-pyrrole nitrogens is 1. The van der Waals surface area contributed by atoms with Gasteiger partial charge in [0.15, 0.2) is 5.82 Å². The lowest BCUT2D eigenvalue weighted by Crippen LogP contribution is -1.90. The summed E-state index contributed by atoms with van der Waals surface area (Å²) >= 11 is 20.2. The molecule has 20 heavy (non-hydrogen) atoms. The molecule has 0 bridgehead atoms. The summed E-state index contributed by atoms with van der Waals surface area (Å²) < 4.78 is 0. The summed E-state index contributed by atoms with van der Waals surface area (Å²) in [7, 11) is 0. The fraction of sp³-hybridized carbons (Fsp3) is 0. The average molecular weight is 345 g/mol. The summed E-state index contributed by atoms with van der Waals surface area (Å²) in [6.45, 7) is 0. The van der Waals surface area contributed by atoms with E-state index in [1.54, 1.807) is 18.2 Å². The molecular weight excluding hydrogens is 337 g/mol. The molecule has 0 fully saturated rings. The highest BCUT2D eigenvalue weighted by atomic mass is 35.5. The molecule has 3 rings (SSSR count). The van der Waals surface area contributed by atoms with Crippen LogP contribution < -0.4 is 5.73 Å². The minimum atomic E-state index is 0.333. The summed E-state index contributed by atoms with van der Waals surface area (Å²) in [4.78, 5) is 0.849. The van der Waals surface area contributed by atoms with Gasteiger partial charge in [-0.1, -0.05) is 40.9 Å². The van der Waals surface area contributed by atoms with E-state index < -0.39 is 0 Å². The summed E-state index contributed by atoms with van der Waals surface area (Å²) in [6, 6.07) is 7.11. The van der Waals surface area contributed by atoms with Crippen LogP contribution in [-0.4, -0.2) is 10.2 Å². The number of nitrogen functional groups attached to an aromatic ring is 1. The smallest absolute Gasteiger partial charge is 0.153 e. The summed E-state index contributed by atoms with van der Waals surface area (Å²) in [5.41, 5.74) is 8.01. The van der Waals surface area contributed by atoms with Crippen molar-refractivity contribution in [2.45, 2.75) is 0 Å². The van der Waals surface area contributed by atoms with Crippen LogP contribution in [0.1, 0.15) is 0 Å². The van der Waals surface area contributed by atoms with Crippen molar-refractivity contribution in [3.05, 3.63) is 44.7 Å². The molecule has 2 heterocycles. The van der Waals surface area contributed by atoms with Gasteiger partial charge in [-0.15, -0.1) is 11.3 Å². The first kappa shape index (κ1) is 13.8. The van der Waals surface area contributed by atoms with Gasteiger partial charge in [-0.3, -0.25) is 5.10 Å². The molecular formula is C13H8Cl3N3S. The van der Waals surface area contributed by atoms with Crippen molar-refractivity contribution < 1.29 is 0 Å². The second kappa shape index (κ2) is 5.30. The first-order valence-corrected chi connectivity index (χ1v) is 7.62. The number of aromatic nitrogens is 2. The fourth-order valence-electron chi connectivity index (χ4n) is 1.98. The quantitative estimate of drug-likeness (QED) is 0.658. The van der Waals surface area contributed by atoms with Crippen LogP contribution in [0.25, 0.3) is 21.7 Å². The predicted molar refractivity (Wildman–Crippen MR) is 86.8 cm³/mol. The standard InChI is InChI=1S/C13H8Cl3N3S/c14-6-2-1-3-7(15)9(6)10-11(18-19-13(10)17)12-8(16)4-5-20-12/h1-5H,(H3,17,18,19). The lowest BCUT2D eigenvalue weighted by Gasteiger charge is -2.08. The Hall–Kier alpha value is -1.20. The van der Waals surface area contributed by atoms with Gasteiger partial charge < -0.3 is 5.73 Å². The fourth-order valence-corrected chi connectivity index (χ4v) is 3.72. The number of halogens is 3. The molecule has 0 aliphatic rings. The van der Waals surface area contributed by atoms with Crippen LogP contribution in [-0.2, 0) is 0 Å². The number of anilines is 1. The van der Waals surface area contributed by atoms with Crippen LogP contribution >= 0.6 is 46.1 Å². The molecule has 0 aliphatic carbocycles. The Bertz CT molecular complexity index is 759. The van der Waals surface area contributed by atoms with E-state index in [0.717, 1.165) is 10.6 Å². The topological polar surface area (TPSA) is 54.7 Å². The minimum absolute atomic E-state index is 0.333. The van der Waals surface area contributed by atoms with Crippen molar-refractivity contribution in [2.24, 2.45) is 0 Å². The maximum atomic E-state index is 6.25. The van der Waals surface area contributed by atoms with Gasteiger partial charge in [-0.05, 0) is 23.6 Å². The number of rotatable bonds is 2. The Morgan fingerprint density at radius 1 is 1.00 bits per heavy atom. The SMILES string of the molecule is Nc1n[nH]c(-c2sccc2Cl)c1-c1c(Cl)cccc1Cl. The molecule has 3 aromatic rings. The van der Waals surface area contributed by atoms with Crippen molar-refractivity contribution in [2.75, 3.05) is 5.73 Å². The summed E-state index contributed by atoms with van der Waals surface area (Å²) in [5.74, 6) is 0.333. The van der Waals surface area contributed by atoms with Crippen LogP contribution in [0.5, 0.6) is 0 Å². The number of hydrogen-bond donors (Lipinski definition) is 2. The molecule has 7 heteroatoms. The van der Waals surface area contributed by atoms with Crippen LogP contribution in [0, 0.1) is 0 Å². The van der Waals surface area contributed by atoms with Gasteiger partial charge >= 0.3 is 0 Å². The van der Waals surface area contributed by atoms with E-state index in [9.17, 15) is 0 Å². The van der Waals surface area contributed by atoms with Crippen LogP contribution in [0.15, 0.2) is 29.6 Å². The van der Waals surface area contributed by atoms with Crippen LogP contribution in [0.2, 0.25) is 15.1 Å². The molecule has 3 nitrogen and oxygen atoms in total. The van der Waals surface area contributed by atoms with E-state index in [4.69, 9.17) is 40.5 Å². The second-order valence-corrected chi connectivity index (χ2v) is 6.19. The molecule has 0 atom stereocenters. The number of nitrogens with zero attached hydrogens (tertiary/aromatic N) is 1.